The summed E-state index contributed by atoms with van der Waals surface area (Å²) in [6.45, 7) is 18.4. The van der Waals surface area contributed by atoms with Gasteiger partial charge in [0.1, 0.15) is 35.9 Å². The second kappa shape index (κ2) is 8.42. The molecule has 156 valence electrons. The van der Waals surface area contributed by atoms with Crippen molar-refractivity contribution >= 4 is 0 Å². The van der Waals surface area contributed by atoms with Crippen molar-refractivity contribution in [3.05, 3.63) is 36.4 Å². The Balaban J connectivity index is 2.07. The van der Waals surface area contributed by atoms with E-state index in [2.05, 4.69) is 98.7 Å². The van der Waals surface area contributed by atoms with Crippen molar-refractivity contribution in [3.8, 4) is 0 Å². The average molecular weight is 387 g/mol. The summed E-state index contributed by atoms with van der Waals surface area (Å²) < 4.78 is 10.0. The summed E-state index contributed by atoms with van der Waals surface area (Å²) in [7, 11) is 0. The highest BCUT2D eigenvalue weighted by molar-refractivity contribution is 5.08. The Bertz CT molecular complexity index is 712. The summed E-state index contributed by atoms with van der Waals surface area (Å²) in [5.74, 6) is 1.08. The molecule has 28 heavy (non-hydrogen) atoms. The first-order valence-corrected chi connectivity index (χ1v) is 11.5. The fourth-order valence-electron chi connectivity index (χ4n) is 4.68. The van der Waals surface area contributed by atoms with Crippen molar-refractivity contribution in [3.63, 3.8) is 0 Å². The Labute approximate surface area is 172 Å². The average Bonchev–Trinajstić information content (AvgIpc) is 3.27. The van der Waals surface area contributed by atoms with E-state index in [1.54, 1.807) is 0 Å². The topological polar surface area (TPSA) is 17.6 Å². The Kier molecular flexibility index (Phi) is 6.36. The maximum Gasteiger partial charge on any atom is 0.244 e. The van der Waals surface area contributed by atoms with Crippen molar-refractivity contribution in [2.75, 3.05) is 0 Å². The van der Waals surface area contributed by atoms with Gasteiger partial charge in [0.15, 0.2) is 0 Å². The molecular formula is C24H42N4+2. The molecule has 2 atom stereocenters. The first kappa shape index (κ1) is 21.1. The first-order chi connectivity index (χ1) is 13.2. The predicted octanol–water partition coefficient (Wildman–Crippen LogP) is 5.63. The molecule has 0 amide bonds. The lowest BCUT2D eigenvalue weighted by Gasteiger charge is -2.29. The van der Waals surface area contributed by atoms with Crippen LogP contribution in [0.15, 0.2) is 25.0 Å². The third kappa shape index (κ3) is 4.06. The lowest BCUT2D eigenvalue weighted by atomic mass is 9.89. The van der Waals surface area contributed by atoms with Crippen molar-refractivity contribution in [1.29, 1.82) is 0 Å². The van der Waals surface area contributed by atoms with Crippen LogP contribution >= 0.6 is 0 Å². The molecule has 0 N–H and O–H groups in total. The molecule has 1 aliphatic rings. The number of imidazole rings is 2. The van der Waals surface area contributed by atoms with Gasteiger partial charge in [-0.05, 0) is 53.4 Å². The van der Waals surface area contributed by atoms with Gasteiger partial charge in [-0.2, -0.15) is 0 Å². The van der Waals surface area contributed by atoms with E-state index in [0.29, 0.717) is 36.0 Å². The van der Waals surface area contributed by atoms with Crippen molar-refractivity contribution in [2.45, 2.75) is 117 Å². The summed E-state index contributed by atoms with van der Waals surface area (Å²) >= 11 is 0. The minimum atomic E-state index is 0.502. The van der Waals surface area contributed by atoms with Gasteiger partial charge in [-0.3, -0.25) is 0 Å². The summed E-state index contributed by atoms with van der Waals surface area (Å²) in [5, 5.41) is 0. The minimum absolute atomic E-state index is 0.502. The monoisotopic (exact) mass is 386 g/mol. The van der Waals surface area contributed by atoms with E-state index in [-0.39, 0.29) is 0 Å². The SMILES string of the molecule is CC(C)c1c[n+](C(C)C)cn1[C@@H]1CCCC[C@H]1n1c[n+](C(C)C)cc1C(C)C. The van der Waals surface area contributed by atoms with E-state index in [9.17, 15) is 0 Å². The molecule has 4 nitrogen and oxygen atoms in total. The summed E-state index contributed by atoms with van der Waals surface area (Å²) in [6, 6.07) is 2.08. The summed E-state index contributed by atoms with van der Waals surface area (Å²) in [4.78, 5) is 0. The molecule has 0 unspecified atom stereocenters. The molecule has 0 bridgehead atoms. The third-order valence-electron chi connectivity index (χ3n) is 6.46. The highest BCUT2D eigenvalue weighted by Crippen LogP contribution is 2.40. The number of aromatic nitrogens is 4. The van der Waals surface area contributed by atoms with Gasteiger partial charge in [-0.25, -0.2) is 18.3 Å². The number of hydrogen-bond acceptors (Lipinski definition) is 0. The Hall–Kier alpha value is -1.58. The minimum Gasteiger partial charge on any atom is -0.234 e. The molecule has 0 aromatic carbocycles. The molecule has 1 fully saturated rings. The van der Waals surface area contributed by atoms with E-state index < -0.39 is 0 Å². The molecule has 2 aromatic heterocycles. The highest BCUT2D eigenvalue weighted by Gasteiger charge is 2.39. The van der Waals surface area contributed by atoms with Crippen LogP contribution in [-0.4, -0.2) is 9.13 Å². The predicted molar refractivity (Wildman–Crippen MR) is 115 cm³/mol. The number of hydrogen-bond donors (Lipinski definition) is 0. The quantitative estimate of drug-likeness (QED) is 0.573. The molecule has 2 heterocycles. The van der Waals surface area contributed by atoms with Crippen LogP contribution in [0.5, 0.6) is 0 Å². The van der Waals surface area contributed by atoms with Crippen LogP contribution < -0.4 is 9.13 Å². The van der Waals surface area contributed by atoms with Crippen LogP contribution in [-0.2, 0) is 0 Å². The van der Waals surface area contributed by atoms with Gasteiger partial charge < -0.3 is 0 Å². The van der Waals surface area contributed by atoms with Crippen LogP contribution in [0, 0.1) is 0 Å². The van der Waals surface area contributed by atoms with E-state index in [4.69, 9.17) is 0 Å². The Morgan fingerprint density at radius 2 is 1.04 bits per heavy atom. The molecule has 0 aliphatic heterocycles. The molecule has 1 aliphatic carbocycles. The first-order valence-electron chi connectivity index (χ1n) is 11.5. The van der Waals surface area contributed by atoms with Crippen molar-refractivity contribution in [1.82, 2.24) is 9.13 Å². The summed E-state index contributed by atoms with van der Waals surface area (Å²) in [6.07, 6.45) is 14.8. The Morgan fingerprint density at radius 3 is 1.32 bits per heavy atom. The smallest absolute Gasteiger partial charge is 0.234 e. The molecule has 3 rings (SSSR count). The van der Waals surface area contributed by atoms with Crippen molar-refractivity contribution in [2.24, 2.45) is 0 Å². The number of nitrogens with zero attached hydrogens (tertiary/aromatic N) is 4. The zero-order chi connectivity index (χ0) is 20.6. The van der Waals surface area contributed by atoms with Gasteiger partial charge in [-0.1, -0.05) is 27.7 Å². The fourth-order valence-corrected chi connectivity index (χ4v) is 4.68. The van der Waals surface area contributed by atoms with Crippen LogP contribution in [0.4, 0.5) is 0 Å². The zero-order valence-corrected chi connectivity index (χ0v) is 19.4. The molecule has 0 spiro atoms. The molecule has 0 saturated heterocycles. The second-order valence-corrected chi connectivity index (χ2v) is 9.96. The molecule has 0 radical (unpaired) electrons. The van der Waals surface area contributed by atoms with Gasteiger partial charge in [0.2, 0.25) is 12.7 Å². The van der Waals surface area contributed by atoms with Gasteiger partial charge in [-0.15, -0.1) is 0 Å². The van der Waals surface area contributed by atoms with Crippen LogP contribution in [0.1, 0.15) is 128 Å². The van der Waals surface area contributed by atoms with E-state index >= 15 is 0 Å². The number of rotatable bonds is 6. The maximum absolute atomic E-state index is 2.62. The lowest BCUT2D eigenvalue weighted by molar-refractivity contribution is -0.716. The van der Waals surface area contributed by atoms with Crippen LogP contribution in [0.3, 0.4) is 0 Å². The standard InChI is InChI=1S/C24H42N4/c1-17(2)23-13-25(19(5)6)15-27(23)21-11-9-10-12-22(21)28-16-26(20(7)8)14-24(28)18(3)4/h13-22H,9-12H2,1-8H3/q+2/t21-,22-/m1/s1. The lowest BCUT2D eigenvalue weighted by Crippen LogP contribution is -2.35. The zero-order valence-electron chi connectivity index (χ0n) is 19.4. The van der Waals surface area contributed by atoms with E-state index in [0.717, 1.165) is 0 Å². The Morgan fingerprint density at radius 1 is 0.679 bits per heavy atom. The molecule has 1 saturated carbocycles. The van der Waals surface area contributed by atoms with Crippen LogP contribution in [0.2, 0.25) is 0 Å². The summed E-state index contributed by atoms with van der Waals surface area (Å²) in [5.41, 5.74) is 2.95. The van der Waals surface area contributed by atoms with Gasteiger partial charge in [0.05, 0.1) is 12.1 Å². The van der Waals surface area contributed by atoms with E-state index in [1.165, 1.54) is 37.1 Å². The van der Waals surface area contributed by atoms with Crippen LogP contribution in [0.25, 0.3) is 0 Å². The largest absolute Gasteiger partial charge is 0.244 e. The van der Waals surface area contributed by atoms with E-state index in [1.807, 2.05) is 0 Å². The fraction of sp³-hybridized carbons (Fsp3) is 0.750. The molecular weight excluding hydrogens is 344 g/mol. The normalized spacial score (nSPS) is 20.9. The third-order valence-corrected chi connectivity index (χ3v) is 6.46. The van der Waals surface area contributed by atoms with Crippen molar-refractivity contribution < 1.29 is 9.13 Å². The van der Waals surface area contributed by atoms with Gasteiger partial charge in [0.25, 0.3) is 0 Å². The van der Waals surface area contributed by atoms with Gasteiger partial charge in [0, 0.05) is 11.8 Å². The van der Waals surface area contributed by atoms with Gasteiger partial charge >= 0.3 is 0 Å². The second-order valence-electron chi connectivity index (χ2n) is 9.96. The molecule has 2 aromatic rings. The highest BCUT2D eigenvalue weighted by atomic mass is 15.2. The molecule has 4 heteroatoms. The maximum atomic E-state index is 2.62.